The third-order valence-electron chi connectivity index (χ3n) is 1.89. The van der Waals surface area contributed by atoms with Crippen molar-refractivity contribution < 1.29 is 9.47 Å². The number of aromatic nitrogens is 1. The smallest absolute Gasteiger partial charge is 0.138 e. The molecule has 70 valence electrons. The summed E-state index contributed by atoms with van der Waals surface area (Å²) in [6, 6.07) is 3.76. The van der Waals surface area contributed by atoms with Crippen molar-refractivity contribution in [3.8, 4) is 5.75 Å². The molecule has 1 fully saturated rings. The highest BCUT2D eigenvalue weighted by Gasteiger charge is 2.16. The van der Waals surface area contributed by atoms with Crippen molar-refractivity contribution in [3.05, 3.63) is 22.9 Å². The molecule has 4 heteroatoms. The van der Waals surface area contributed by atoms with Gasteiger partial charge in [0.25, 0.3) is 0 Å². The lowest BCUT2D eigenvalue weighted by molar-refractivity contribution is 0.141. The lowest BCUT2D eigenvalue weighted by Crippen LogP contribution is -2.15. The predicted octanol–water partition coefficient (Wildman–Crippen LogP) is 2.01. The summed E-state index contributed by atoms with van der Waals surface area (Å²) in [7, 11) is 0. The lowest BCUT2D eigenvalue weighted by Gasteiger charge is -2.10. The highest BCUT2D eigenvalue weighted by Crippen LogP contribution is 2.17. The minimum Gasteiger partial charge on any atom is -0.486 e. The first-order chi connectivity index (χ1) is 6.34. The van der Waals surface area contributed by atoms with Crippen LogP contribution in [0.4, 0.5) is 0 Å². The summed E-state index contributed by atoms with van der Waals surface area (Å²) in [5.41, 5.74) is 0. The molecule has 0 aromatic carbocycles. The van der Waals surface area contributed by atoms with Gasteiger partial charge in [-0.1, -0.05) is 0 Å². The minimum atomic E-state index is 0.197. The van der Waals surface area contributed by atoms with Gasteiger partial charge in [0.1, 0.15) is 16.5 Å². The van der Waals surface area contributed by atoms with Crippen LogP contribution < -0.4 is 4.74 Å². The Kier molecular flexibility index (Phi) is 2.80. The van der Waals surface area contributed by atoms with Gasteiger partial charge in [-0.2, -0.15) is 0 Å². The van der Waals surface area contributed by atoms with E-state index in [9.17, 15) is 0 Å². The first-order valence-electron chi connectivity index (χ1n) is 4.20. The summed E-state index contributed by atoms with van der Waals surface area (Å²) in [4.78, 5) is 4.07. The molecule has 0 bridgehead atoms. The molecule has 1 atom stereocenters. The highest BCUT2D eigenvalue weighted by molar-refractivity contribution is 9.10. The second kappa shape index (κ2) is 4.07. The van der Waals surface area contributed by atoms with Crippen molar-refractivity contribution in [2.45, 2.75) is 12.5 Å². The minimum absolute atomic E-state index is 0.197. The number of ether oxygens (including phenoxy) is 2. The van der Waals surface area contributed by atoms with Crippen LogP contribution in [0.15, 0.2) is 22.9 Å². The van der Waals surface area contributed by atoms with Crippen LogP contribution in [0.5, 0.6) is 5.75 Å². The highest BCUT2D eigenvalue weighted by atomic mass is 79.9. The van der Waals surface area contributed by atoms with Gasteiger partial charge in [-0.15, -0.1) is 0 Å². The molecule has 0 amide bonds. The van der Waals surface area contributed by atoms with E-state index in [2.05, 4.69) is 20.9 Å². The molecule has 0 spiro atoms. The normalized spacial score (nSPS) is 21.8. The van der Waals surface area contributed by atoms with Crippen molar-refractivity contribution in [1.29, 1.82) is 0 Å². The molecule has 3 nitrogen and oxygen atoms in total. The Morgan fingerprint density at radius 3 is 3.08 bits per heavy atom. The fourth-order valence-electron chi connectivity index (χ4n) is 1.23. The van der Waals surface area contributed by atoms with Gasteiger partial charge in [-0.05, 0) is 28.1 Å². The van der Waals surface area contributed by atoms with Crippen molar-refractivity contribution in [1.82, 2.24) is 4.98 Å². The molecule has 1 aromatic heterocycles. The van der Waals surface area contributed by atoms with E-state index in [0.29, 0.717) is 6.61 Å². The Balaban J connectivity index is 1.97. The fourth-order valence-corrected chi connectivity index (χ4v) is 1.46. The molecule has 0 N–H and O–H groups in total. The van der Waals surface area contributed by atoms with Crippen molar-refractivity contribution in [3.63, 3.8) is 0 Å². The van der Waals surface area contributed by atoms with E-state index in [1.807, 2.05) is 12.1 Å². The standard InChI is InChI=1S/C9H10BrNO2/c10-9-2-1-7(5-11-9)13-8-3-4-12-6-8/h1-2,5,8H,3-4,6H2. The van der Waals surface area contributed by atoms with Gasteiger partial charge in [0.2, 0.25) is 0 Å². The van der Waals surface area contributed by atoms with Gasteiger partial charge < -0.3 is 9.47 Å². The first kappa shape index (κ1) is 8.97. The zero-order valence-electron chi connectivity index (χ0n) is 7.07. The van der Waals surface area contributed by atoms with Gasteiger partial charge in [-0.25, -0.2) is 4.98 Å². The van der Waals surface area contributed by atoms with Crippen molar-refractivity contribution in [2.75, 3.05) is 13.2 Å². The van der Waals surface area contributed by atoms with E-state index in [4.69, 9.17) is 9.47 Å². The molecular weight excluding hydrogens is 234 g/mol. The van der Waals surface area contributed by atoms with Gasteiger partial charge >= 0.3 is 0 Å². The van der Waals surface area contributed by atoms with Crippen LogP contribution in [-0.2, 0) is 4.74 Å². The van der Waals surface area contributed by atoms with E-state index in [1.54, 1.807) is 6.20 Å². The molecule has 1 saturated heterocycles. The van der Waals surface area contributed by atoms with Crippen LogP contribution in [0.2, 0.25) is 0 Å². The average Bonchev–Trinajstić information content (AvgIpc) is 2.62. The van der Waals surface area contributed by atoms with Crippen LogP contribution in [0.3, 0.4) is 0 Å². The third kappa shape index (κ3) is 2.42. The Morgan fingerprint density at radius 2 is 2.46 bits per heavy atom. The van der Waals surface area contributed by atoms with E-state index in [0.717, 1.165) is 23.4 Å². The van der Waals surface area contributed by atoms with Crippen molar-refractivity contribution >= 4 is 15.9 Å². The second-order valence-corrected chi connectivity index (χ2v) is 3.73. The van der Waals surface area contributed by atoms with E-state index in [-0.39, 0.29) is 6.10 Å². The first-order valence-corrected chi connectivity index (χ1v) is 5.00. The summed E-state index contributed by atoms with van der Waals surface area (Å²) >= 11 is 3.27. The number of pyridine rings is 1. The van der Waals surface area contributed by atoms with Crippen LogP contribution in [0, 0.1) is 0 Å². The Morgan fingerprint density at radius 1 is 1.54 bits per heavy atom. The van der Waals surface area contributed by atoms with Gasteiger partial charge in [0.05, 0.1) is 19.4 Å². The van der Waals surface area contributed by atoms with Crippen molar-refractivity contribution in [2.24, 2.45) is 0 Å². The van der Waals surface area contributed by atoms with E-state index < -0.39 is 0 Å². The van der Waals surface area contributed by atoms with Crippen LogP contribution >= 0.6 is 15.9 Å². The lowest BCUT2D eigenvalue weighted by atomic mass is 10.3. The van der Waals surface area contributed by atoms with Gasteiger partial charge in [0, 0.05) is 6.42 Å². The molecule has 2 heterocycles. The quantitative estimate of drug-likeness (QED) is 0.745. The van der Waals surface area contributed by atoms with Gasteiger partial charge in [0.15, 0.2) is 0 Å². The number of halogens is 1. The maximum atomic E-state index is 5.62. The SMILES string of the molecule is Brc1ccc(OC2CCOC2)cn1. The van der Waals surface area contributed by atoms with Crippen LogP contribution in [-0.4, -0.2) is 24.3 Å². The molecule has 2 rings (SSSR count). The number of hydrogen-bond donors (Lipinski definition) is 0. The zero-order chi connectivity index (χ0) is 9.10. The molecule has 1 aliphatic rings. The Labute approximate surface area is 85.2 Å². The topological polar surface area (TPSA) is 31.4 Å². The predicted molar refractivity (Wildman–Crippen MR) is 51.8 cm³/mol. The third-order valence-corrected chi connectivity index (χ3v) is 2.36. The largest absolute Gasteiger partial charge is 0.486 e. The molecule has 13 heavy (non-hydrogen) atoms. The molecule has 1 aliphatic heterocycles. The maximum absolute atomic E-state index is 5.62. The molecule has 0 radical (unpaired) electrons. The molecule has 0 saturated carbocycles. The Bertz CT molecular complexity index is 269. The summed E-state index contributed by atoms with van der Waals surface area (Å²) in [6.07, 6.45) is 2.88. The molecule has 0 aliphatic carbocycles. The average molecular weight is 244 g/mol. The zero-order valence-corrected chi connectivity index (χ0v) is 8.66. The summed E-state index contributed by atoms with van der Waals surface area (Å²) < 4.78 is 11.6. The maximum Gasteiger partial charge on any atom is 0.138 e. The van der Waals surface area contributed by atoms with Crippen LogP contribution in [0.1, 0.15) is 6.42 Å². The van der Waals surface area contributed by atoms with Gasteiger partial charge in [-0.3, -0.25) is 0 Å². The molecule has 1 aromatic rings. The summed E-state index contributed by atoms with van der Waals surface area (Å²) in [5.74, 6) is 0.804. The number of rotatable bonds is 2. The number of nitrogens with zero attached hydrogens (tertiary/aromatic N) is 1. The molecule has 1 unspecified atom stereocenters. The molecular formula is C9H10BrNO2. The monoisotopic (exact) mass is 243 g/mol. The fraction of sp³-hybridized carbons (Fsp3) is 0.444. The van der Waals surface area contributed by atoms with E-state index >= 15 is 0 Å². The van der Waals surface area contributed by atoms with Crippen LogP contribution in [0.25, 0.3) is 0 Å². The summed E-state index contributed by atoms with van der Waals surface area (Å²) in [5, 5.41) is 0. The van der Waals surface area contributed by atoms with E-state index in [1.165, 1.54) is 0 Å². The summed E-state index contributed by atoms with van der Waals surface area (Å²) in [6.45, 7) is 1.49. The Hall–Kier alpha value is -0.610. The second-order valence-electron chi connectivity index (χ2n) is 2.92. The number of hydrogen-bond acceptors (Lipinski definition) is 3.